The second-order valence-electron chi connectivity index (χ2n) is 7.06. The van der Waals surface area contributed by atoms with Crippen LogP contribution in [0.1, 0.15) is 30.7 Å². The van der Waals surface area contributed by atoms with Gasteiger partial charge in [0.25, 0.3) is 5.91 Å². The van der Waals surface area contributed by atoms with Crippen LogP contribution in [0.2, 0.25) is 0 Å². The molecule has 1 aromatic carbocycles. The molecule has 1 amide bonds. The zero-order valence-electron chi connectivity index (χ0n) is 18.0. The molecular weight excluding hydrogens is 458 g/mol. The molecule has 0 aliphatic carbocycles. The molecule has 0 bridgehead atoms. The Morgan fingerprint density at radius 2 is 2.03 bits per heavy atom. The van der Waals surface area contributed by atoms with E-state index in [1.54, 1.807) is 25.3 Å². The molecule has 0 aliphatic heterocycles. The third-order valence-electron chi connectivity index (χ3n) is 4.76. The largest absolute Gasteiger partial charge is 0.497 e. The maximum absolute atomic E-state index is 12.8. The summed E-state index contributed by atoms with van der Waals surface area (Å²) in [7, 11) is 1.61. The number of hydrogen-bond donors (Lipinski definition) is 2. The van der Waals surface area contributed by atoms with E-state index in [1.807, 2.05) is 31.2 Å². The zero-order valence-corrected chi connectivity index (χ0v) is 19.6. The van der Waals surface area contributed by atoms with Crippen molar-refractivity contribution in [1.82, 2.24) is 20.3 Å². The summed E-state index contributed by atoms with van der Waals surface area (Å²) in [6, 6.07) is 12.5. The quantitative estimate of drug-likeness (QED) is 0.222. The molecule has 0 saturated heterocycles. The van der Waals surface area contributed by atoms with Crippen LogP contribution in [0.5, 0.6) is 5.75 Å². The molecule has 4 rings (SSSR count). The molecule has 168 valence electrons. The lowest BCUT2D eigenvalue weighted by Crippen LogP contribution is -2.23. The van der Waals surface area contributed by atoms with Gasteiger partial charge >= 0.3 is 0 Å². The molecular formula is C23H21N5O3S2. The lowest BCUT2D eigenvalue weighted by Gasteiger charge is -2.08. The van der Waals surface area contributed by atoms with Crippen molar-refractivity contribution in [3.63, 3.8) is 0 Å². The number of ketones is 1. The number of hydrogen-bond acceptors (Lipinski definition) is 9. The van der Waals surface area contributed by atoms with E-state index in [0.29, 0.717) is 28.6 Å². The van der Waals surface area contributed by atoms with Gasteiger partial charge in [0.2, 0.25) is 0 Å². The van der Waals surface area contributed by atoms with Crippen LogP contribution in [-0.2, 0) is 6.54 Å². The molecule has 3 aromatic heterocycles. The van der Waals surface area contributed by atoms with Crippen LogP contribution in [0.4, 0.5) is 5.82 Å². The number of ether oxygens (including phenoxy) is 1. The van der Waals surface area contributed by atoms with E-state index in [-0.39, 0.29) is 23.3 Å². The van der Waals surface area contributed by atoms with Crippen LogP contribution in [-0.4, -0.2) is 39.5 Å². The van der Waals surface area contributed by atoms with Crippen molar-refractivity contribution in [2.45, 2.75) is 18.5 Å². The Morgan fingerprint density at radius 3 is 2.82 bits per heavy atom. The maximum atomic E-state index is 12.8. The average molecular weight is 480 g/mol. The molecule has 10 heteroatoms. The highest BCUT2D eigenvalue weighted by molar-refractivity contribution is 8.00. The highest BCUT2D eigenvalue weighted by Crippen LogP contribution is 2.29. The van der Waals surface area contributed by atoms with Crippen molar-refractivity contribution in [3.8, 4) is 5.75 Å². The number of benzene rings is 1. The van der Waals surface area contributed by atoms with Gasteiger partial charge in [0, 0.05) is 16.5 Å². The number of pyridine rings is 1. The van der Waals surface area contributed by atoms with Crippen molar-refractivity contribution in [2.24, 2.45) is 0 Å². The topological polar surface area (TPSA) is 120 Å². The van der Waals surface area contributed by atoms with E-state index in [4.69, 9.17) is 10.5 Å². The Labute approximate surface area is 198 Å². The Kier molecular flexibility index (Phi) is 6.85. The van der Waals surface area contributed by atoms with Gasteiger partial charge in [-0.3, -0.25) is 9.59 Å². The summed E-state index contributed by atoms with van der Waals surface area (Å²) in [5.74, 6) is 1.46. The number of Topliss-reactive ketones (excluding diaryl/α,β-unsaturated/α-hetero) is 1. The van der Waals surface area contributed by atoms with Crippen LogP contribution >= 0.6 is 23.1 Å². The van der Waals surface area contributed by atoms with Gasteiger partial charge in [-0.1, -0.05) is 11.8 Å². The van der Waals surface area contributed by atoms with Crippen molar-refractivity contribution < 1.29 is 14.3 Å². The van der Waals surface area contributed by atoms with Gasteiger partial charge in [-0.25, -0.2) is 15.0 Å². The monoisotopic (exact) mass is 479 g/mol. The first-order valence-electron chi connectivity index (χ1n) is 10.0. The minimum atomic E-state index is -0.307. The average Bonchev–Trinajstić information content (AvgIpc) is 3.30. The lowest BCUT2D eigenvalue weighted by molar-refractivity contribution is 0.0951. The fraction of sp³-hybridized carbons (Fsp3) is 0.174. The smallest absolute Gasteiger partial charge is 0.255 e. The second-order valence-corrected chi connectivity index (χ2v) is 9.19. The fourth-order valence-electron chi connectivity index (χ4n) is 3.13. The Balaban J connectivity index is 1.40. The predicted molar refractivity (Wildman–Crippen MR) is 130 cm³/mol. The first kappa shape index (κ1) is 22.7. The SMILES string of the molecule is COc1ccc2nc(C)nc(SCC(=O)c3ccc(CNC(=O)c4cccnc4N)s3)c2c1. The summed E-state index contributed by atoms with van der Waals surface area (Å²) in [6.07, 6.45) is 1.53. The minimum Gasteiger partial charge on any atom is -0.497 e. The molecule has 0 spiro atoms. The van der Waals surface area contributed by atoms with Crippen LogP contribution in [0.25, 0.3) is 10.9 Å². The summed E-state index contributed by atoms with van der Waals surface area (Å²) in [4.78, 5) is 39.5. The van der Waals surface area contributed by atoms with Crippen molar-refractivity contribution in [1.29, 1.82) is 0 Å². The van der Waals surface area contributed by atoms with Crippen LogP contribution in [0, 0.1) is 6.92 Å². The zero-order chi connectivity index (χ0) is 23.4. The molecule has 0 aliphatic rings. The molecule has 3 N–H and O–H groups in total. The molecule has 0 saturated carbocycles. The van der Waals surface area contributed by atoms with Gasteiger partial charge in [-0.2, -0.15) is 0 Å². The molecule has 0 fully saturated rings. The number of nitrogens with two attached hydrogens (primary N) is 1. The van der Waals surface area contributed by atoms with Gasteiger partial charge in [0.15, 0.2) is 5.78 Å². The number of nitrogens with one attached hydrogen (secondary N) is 1. The number of nitrogen functional groups attached to an aromatic ring is 1. The number of thiophene rings is 1. The second kappa shape index (κ2) is 9.97. The Morgan fingerprint density at radius 1 is 1.18 bits per heavy atom. The van der Waals surface area contributed by atoms with Gasteiger partial charge in [-0.15, -0.1) is 11.3 Å². The lowest BCUT2D eigenvalue weighted by atomic mass is 10.2. The van der Waals surface area contributed by atoms with Gasteiger partial charge in [0.05, 0.1) is 35.4 Å². The van der Waals surface area contributed by atoms with Crippen molar-refractivity contribution in [3.05, 3.63) is 69.8 Å². The van der Waals surface area contributed by atoms with Gasteiger partial charge in [0.1, 0.15) is 22.4 Å². The van der Waals surface area contributed by atoms with E-state index in [1.165, 1.54) is 29.3 Å². The van der Waals surface area contributed by atoms with Crippen molar-refractivity contribution >= 4 is 51.5 Å². The van der Waals surface area contributed by atoms with E-state index in [0.717, 1.165) is 20.8 Å². The summed E-state index contributed by atoms with van der Waals surface area (Å²) >= 11 is 2.73. The first-order chi connectivity index (χ1) is 15.9. The molecule has 0 radical (unpaired) electrons. The molecule has 3 heterocycles. The molecule has 8 nitrogen and oxygen atoms in total. The number of methoxy groups -OCH3 is 1. The number of fused-ring (bicyclic) bond motifs is 1. The molecule has 0 unspecified atom stereocenters. The van der Waals surface area contributed by atoms with Crippen LogP contribution in [0.3, 0.4) is 0 Å². The van der Waals surface area contributed by atoms with Crippen LogP contribution in [0.15, 0.2) is 53.7 Å². The minimum absolute atomic E-state index is 0.00797. The highest BCUT2D eigenvalue weighted by Gasteiger charge is 2.15. The predicted octanol–water partition coefficient (Wildman–Crippen LogP) is 3.89. The number of anilines is 1. The van der Waals surface area contributed by atoms with E-state index < -0.39 is 0 Å². The van der Waals surface area contributed by atoms with Crippen molar-refractivity contribution in [2.75, 3.05) is 18.6 Å². The highest BCUT2D eigenvalue weighted by atomic mass is 32.2. The Bertz CT molecular complexity index is 1340. The van der Waals surface area contributed by atoms with E-state index in [2.05, 4.69) is 20.3 Å². The maximum Gasteiger partial charge on any atom is 0.255 e. The number of nitrogens with zero attached hydrogens (tertiary/aromatic N) is 3. The number of carbonyl (C=O) groups excluding carboxylic acids is 2. The summed E-state index contributed by atoms with van der Waals surface area (Å²) in [5, 5.41) is 4.40. The van der Waals surface area contributed by atoms with E-state index in [9.17, 15) is 9.59 Å². The van der Waals surface area contributed by atoms with Gasteiger partial charge < -0.3 is 15.8 Å². The number of thioether (sulfide) groups is 1. The molecule has 33 heavy (non-hydrogen) atoms. The van der Waals surface area contributed by atoms with E-state index >= 15 is 0 Å². The summed E-state index contributed by atoms with van der Waals surface area (Å²) in [5.41, 5.74) is 6.88. The number of rotatable bonds is 8. The van der Waals surface area contributed by atoms with Gasteiger partial charge in [-0.05, 0) is 49.4 Å². The standard InChI is InChI=1S/C23H21N5O3S2/c1-13-27-18-7-5-14(31-2)10-17(18)23(28-13)32-12-19(29)20-8-6-15(33-20)11-26-22(30)16-4-3-9-25-21(16)24/h3-10H,11-12H2,1-2H3,(H2,24,25)(H,26,30). The van der Waals surface area contributed by atoms with Crippen LogP contribution < -0.4 is 15.8 Å². The molecule has 4 aromatic rings. The first-order valence-corrected chi connectivity index (χ1v) is 11.8. The summed E-state index contributed by atoms with van der Waals surface area (Å²) in [6.45, 7) is 2.13. The third kappa shape index (κ3) is 5.29. The number of aryl methyl sites for hydroxylation is 1. The fourth-order valence-corrected chi connectivity index (χ4v) is 5.04. The molecule has 0 atom stereocenters. The number of aromatic nitrogens is 3. The number of amides is 1. The Hall–Kier alpha value is -3.50. The summed E-state index contributed by atoms with van der Waals surface area (Å²) < 4.78 is 5.31. The third-order valence-corrected chi connectivity index (χ3v) is 6.88. The normalized spacial score (nSPS) is 10.8. The number of carbonyl (C=O) groups is 2.